The lowest BCUT2D eigenvalue weighted by Gasteiger charge is -2.13. The molecule has 0 bridgehead atoms. The van der Waals surface area contributed by atoms with E-state index in [0.717, 1.165) is 27.0 Å². The van der Waals surface area contributed by atoms with E-state index in [4.69, 9.17) is 11.6 Å². The van der Waals surface area contributed by atoms with Crippen LogP contribution in [0.15, 0.2) is 29.8 Å². The molecule has 2 aromatic carbocycles. The third-order valence-electron chi connectivity index (χ3n) is 3.60. The molecule has 0 aliphatic heterocycles. The van der Waals surface area contributed by atoms with Gasteiger partial charge < -0.3 is 5.32 Å². The van der Waals surface area contributed by atoms with Crippen LogP contribution >= 0.6 is 22.9 Å². The molecule has 0 saturated carbocycles. The summed E-state index contributed by atoms with van der Waals surface area (Å²) < 4.78 is 0.840. The molecule has 0 spiro atoms. The number of fused-ring (bicyclic) bond motifs is 1. The Hall–Kier alpha value is -1.91. The SMILES string of the molecule is Cc1cc(C)c(NC(=O)c2ccc3ncsc3c2Cl)c(C)c1. The van der Waals surface area contributed by atoms with Crippen molar-refractivity contribution in [3.05, 3.63) is 57.1 Å². The minimum atomic E-state index is -0.199. The van der Waals surface area contributed by atoms with E-state index in [1.807, 2.05) is 26.8 Å². The molecule has 3 aromatic rings. The molecule has 0 aliphatic rings. The number of nitrogens with one attached hydrogen (secondary N) is 1. The zero-order valence-corrected chi connectivity index (χ0v) is 14.1. The van der Waals surface area contributed by atoms with Gasteiger partial charge in [0.2, 0.25) is 0 Å². The van der Waals surface area contributed by atoms with E-state index in [0.29, 0.717) is 10.6 Å². The number of halogens is 1. The van der Waals surface area contributed by atoms with Gasteiger partial charge in [0.1, 0.15) is 0 Å². The summed E-state index contributed by atoms with van der Waals surface area (Å²) in [5.74, 6) is -0.199. The molecule has 1 N–H and O–H groups in total. The molecule has 0 atom stereocenters. The van der Waals surface area contributed by atoms with E-state index in [1.54, 1.807) is 11.6 Å². The van der Waals surface area contributed by atoms with Crippen LogP contribution in [0.2, 0.25) is 5.02 Å². The van der Waals surface area contributed by atoms with Crippen molar-refractivity contribution in [2.45, 2.75) is 20.8 Å². The number of rotatable bonds is 2. The first kappa shape index (κ1) is 15.0. The van der Waals surface area contributed by atoms with Gasteiger partial charge >= 0.3 is 0 Å². The Morgan fingerprint density at radius 2 is 1.86 bits per heavy atom. The highest BCUT2D eigenvalue weighted by molar-refractivity contribution is 7.17. The number of carbonyl (C=O) groups is 1. The Morgan fingerprint density at radius 1 is 1.18 bits per heavy atom. The van der Waals surface area contributed by atoms with Crippen LogP contribution in [-0.2, 0) is 0 Å². The van der Waals surface area contributed by atoms with Crippen molar-refractivity contribution in [1.82, 2.24) is 4.98 Å². The number of aryl methyl sites for hydroxylation is 3. The number of amides is 1. The number of hydrogen-bond donors (Lipinski definition) is 1. The van der Waals surface area contributed by atoms with Crippen LogP contribution in [0.25, 0.3) is 10.2 Å². The summed E-state index contributed by atoms with van der Waals surface area (Å²) in [6.07, 6.45) is 0. The first-order valence-corrected chi connectivity index (χ1v) is 8.14. The van der Waals surface area contributed by atoms with Crippen molar-refractivity contribution in [3.63, 3.8) is 0 Å². The lowest BCUT2D eigenvalue weighted by atomic mass is 10.0. The van der Waals surface area contributed by atoms with E-state index < -0.39 is 0 Å². The summed E-state index contributed by atoms with van der Waals surface area (Å²) in [5.41, 5.74) is 7.12. The van der Waals surface area contributed by atoms with Gasteiger partial charge in [-0.1, -0.05) is 29.3 Å². The molecule has 5 heteroatoms. The second kappa shape index (κ2) is 5.71. The molecule has 112 valence electrons. The lowest BCUT2D eigenvalue weighted by Crippen LogP contribution is -2.14. The monoisotopic (exact) mass is 330 g/mol. The average molecular weight is 331 g/mol. The first-order valence-electron chi connectivity index (χ1n) is 6.88. The predicted octanol–water partition coefficient (Wildman–Crippen LogP) is 5.13. The maximum Gasteiger partial charge on any atom is 0.257 e. The molecular formula is C17H15ClN2OS. The Bertz CT molecular complexity index is 862. The molecule has 0 aliphatic carbocycles. The standard InChI is InChI=1S/C17H15ClN2OS/c1-9-6-10(2)15(11(3)7-9)20-17(21)12-4-5-13-16(14(12)18)22-8-19-13/h4-8H,1-3H3,(H,20,21). The average Bonchev–Trinajstić information content (AvgIpc) is 2.92. The van der Waals surface area contributed by atoms with Gasteiger partial charge in [-0.3, -0.25) is 4.79 Å². The highest BCUT2D eigenvalue weighted by Crippen LogP contribution is 2.31. The van der Waals surface area contributed by atoms with Gasteiger partial charge in [0.25, 0.3) is 5.91 Å². The van der Waals surface area contributed by atoms with Crippen LogP contribution in [0.3, 0.4) is 0 Å². The van der Waals surface area contributed by atoms with Crippen LogP contribution in [0.1, 0.15) is 27.0 Å². The number of aromatic nitrogens is 1. The van der Waals surface area contributed by atoms with Gasteiger partial charge in [-0.15, -0.1) is 11.3 Å². The third kappa shape index (κ3) is 2.60. The summed E-state index contributed by atoms with van der Waals surface area (Å²) in [6, 6.07) is 7.65. The summed E-state index contributed by atoms with van der Waals surface area (Å²) in [6.45, 7) is 6.02. The quantitative estimate of drug-likeness (QED) is 0.708. The minimum Gasteiger partial charge on any atom is -0.321 e. The Morgan fingerprint density at radius 3 is 2.55 bits per heavy atom. The molecule has 3 rings (SSSR count). The van der Waals surface area contributed by atoms with Crippen LogP contribution in [0, 0.1) is 20.8 Å². The molecular weight excluding hydrogens is 316 g/mol. The molecule has 0 radical (unpaired) electrons. The highest BCUT2D eigenvalue weighted by Gasteiger charge is 2.16. The van der Waals surface area contributed by atoms with Crippen LogP contribution < -0.4 is 5.32 Å². The normalized spacial score (nSPS) is 10.9. The number of carbonyl (C=O) groups excluding carboxylic acids is 1. The van der Waals surface area contributed by atoms with Crippen molar-refractivity contribution >= 4 is 44.7 Å². The predicted molar refractivity (Wildman–Crippen MR) is 93.2 cm³/mol. The van der Waals surface area contributed by atoms with E-state index in [-0.39, 0.29) is 5.91 Å². The van der Waals surface area contributed by atoms with Gasteiger partial charge in [0, 0.05) is 5.69 Å². The van der Waals surface area contributed by atoms with Crippen molar-refractivity contribution in [3.8, 4) is 0 Å². The fraction of sp³-hybridized carbons (Fsp3) is 0.176. The fourth-order valence-electron chi connectivity index (χ4n) is 2.63. The Balaban J connectivity index is 1.99. The molecule has 1 amide bonds. The van der Waals surface area contributed by atoms with Crippen molar-refractivity contribution in [2.75, 3.05) is 5.32 Å². The van der Waals surface area contributed by atoms with Crippen LogP contribution in [0.4, 0.5) is 5.69 Å². The molecule has 1 aromatic heterocycles. The van der Waals surface area contributed by atoms with Crippen LogP contribution in [0.5, 0.6) is 0 Å². The summed E-state index contributed by atoms with van der Waals surface area (Å²) in [7, 11) is 0. The second-order valence-electron chi connectivity index (χ2n) is 5.36. The van der Waals surface area contributed by atoms with Gasteiger partial charge in [0.05, 0.1) is 26.3 Å². The maximum atomic E-state index is 12.6. The topological polar surface area (TPSA) is 42.0 Å². The highest BCUT2D eigenvalue weighted by atomic mass is 35.5. The lowest BCUT2D eigenvalue weighted by molar-refractivity contribution is 0.102. The van der Waals surface area contributed by atoms with Crippen molar-refractivity contribution < 1.29 is 4.79 Å². The van der Waals surface area contributed by atoms with Gasteiger partial charge in [-0.2, -0.15) is 0 Å². The van der Waals surface area contributed by atoms with E-state index >= 15 is 0 Å². The Kier molecular flexibility index (Phi) is 3.89. The minimum absolute atomic E-state index is 0.199. The summed E-state index contributed by atoms with van der Waals surface area (Å²) in [4.78, 5) is 16.8. The molecule has 0 fully saturated rings. The van der Waals surface area contributed by atoms with Gasteiger partial charge in [-0.25, -0.2) is 4.98 Å². The fourth-order valence-corrected chi connectivity index (χ4v) is 3.73. The number of thiazole rings is 1. The molecule has 3 nitrogen and oxygen atoms in total. The van der Waals surface area contributed by atoms with Crippen LogP contribution in [-0.4, -0.2) is 10.9 Å². The zero-order chi connectivity index (χ0) is 15.9. The largest absolute Gasteiger partial charge is 0.321 e. The zero-order valence-electron chi connectivity index (χ0n) is 12.5. The van der Waals surface area contributed by atoms with E-state index in [2.05, 4.69) is 22.4 Å². The van der Waals surface area contributed by atoms with Gasteiger partial charge in [-0.05, 0) is 44.0 Å². The number of hydrogen-bond acceptors (Lipinski definition) is 3. The third-order valence-corrected chi connectivity index (χ3v) is 4.96. The number of anilines is 1. The summed E-state index contributed by atoms with van der Waals surface area (Å²) >= 11 is 7.80. The molecule has 1 heterocycles. The van der Waals surface area contributed by atoms with Gasteiger partial charge in [0.15, 0.2) is 0 Å². The molecule has 0 saturated heterocycles. The van der Waals surface area contributed by atoms with E-state index in [9.17, 15) is 4.79 Å². The smallest absolute Gasteiger partial charge is 0.257 e. The first-order chi connectivity index (χ1) is 10.5. The second-order valence-corrected chi connectivity index (χ2v) is 6.59. The number of benzene rings is 2. The Labute approximate surface area is 138 Å². The molecule has 22 heavy (non-hydrogen) atoms. The van der Waals surface area contributed by atoms with Crippen molar-refractivity contribution in [2.24, 2.45) is 0 Å². The van der Waals surface area contributed by atoms with E-state index in [1.165, 1.54) is 16.9 Å². The summed E-state index contributed by atoms with van der Waals surface area (Å²) in [5, 5.41) is 3.44. The number of nitrogens with zero attached hydrogens (tertiary/aromatic N) is 1. The maximum absolute atomic E-state index is 12.6. The van der Waals surface area contributed by atoms with Crippen molar-refractivity contribution in [1.29, 1.82) is 0 Å². The molecule has 0 unspecified atom stereocenters.